The number of hydrogen-bond donors (Lipinski definition) is 1. The predicted octanol–water partition coefficient (Wildman–Crippen LogP) is 7.25. The van der Waals surface area contributed by atoms with E-state index in [1.807, 2.05) is 26.0 Å². The Morgan fingerprint density at radius 2 is 1.92 bits per heavy atom. The predicted molar refractivity (Wildman–Crippen MR) is 152 cm³/mol. The molecule has 0 aliphatic carbocycles. The molecule has 0 unspecified atom stereocenters. The van der Waals surface area contributed by atoms with Crippen molar-refractivity contribution in [1.82, 2.24) is 9.66 Å². The van der Waals surface area contributed by atoms with Crippen LogP contribution in [0.1, 0.15) is 53.5 Å². The van der Waals surface area contributed by atoms with Gasteiger partial charge in [0.25, 0.3) is 5.56 Å². The highest BCUT2D eigenvalue weighted by Crippen LogP contribution is 2.33. The zero-order valence-electron chi connectivity index (χ0n) is 19.9. The van der Waals surface area contributed by atoms with Crippen LogP contribution < -0.4 is 10.3 Å². The Labute approximate surface area is 235 Å². The number of nitrogens with zero attached hydrogens (tertiary/aromatic N) is 3. The third kappa shape index (κ3) is 6.11. The van der Waals surface area contributed by atoms with Gasteiger partial charge in [-0.3, -0.25) is 4.79 Å². The van der Waals surface area contributed by atoms with E-state index in [4.69, 9.17) is 26.4 Å². The lowest BCUT2D eigenvalue weighted by Gasteiger charge is -2.15. The number of ether oxygens (including phenoxy) is 1. The van der Waals surface area contributed by atoms with E-state index >= 15 is 0 Å². The van der Waals surface area contributed by atoms with Crippen molar-refractivity contribution in [1.29, 1.82) is 0 Å². The van der Waals surface area contributed by atoms with Crippen molar-refractivity contribution >= 4 is 66.5 Å². The fourth-order valence-electron chi connectivity index (χ4n) is 3.63. The van der Waals surface area contributed by atoms with Gasteiger partial charge >= 0.3 is 5.97 Å². The van der Waals surface area contributed by atoms with Gasteiger partial charge in [-0.25, -0.2) is 9.78 Å². The maximum absolute atomic E-state index is 13.4. The Hall–Kier alpha value is -3.01. The van der Waals surface area contributed by atoms with Crippen LogP contribution in [0.25, 0.3) is 10.9 Å². The number of benzene rings is 3. The van der Waals surface area contributed by atoms with Gasteiger partial charge in [0, 0.05) is 21.0 Å². The molecule has 4 aromatic rings. The van der Waals surface area contributed by atoms with Gasteiger partial charge in [-0.05, 0) is 70.4 Å². The monoisotopic (exact) mass is 645 g/mol. The van der Waals surface area contributed by atoms with Crippen LogP contribution in [0.2, 0.25) is 5.02 Å². The van der Waals surface area contributed by atoms with Crippen molar-refractivity contribution in [2.45, 2.75) is 32.8 Å². The Balaban J connectivity index is 1.74. The number of carboxylic acids is 1. The summed E-state index contributed by atoms with van der Waals surface area (Å²) in [6, 6.07) is 15.2. The molecular formula is C27H22Br2ClN3O4. The first kappa shape index (κ1) is 27.0. The Morgan fingerprint density at radius 3 is 2.59 bits per heavy atom. The van der Waals surface area contributed by atoms with Gasteiger partial charge < -0.3 is 9.84 Å². The largest absolute Gasteiger partial charge is 0.487 e. The first-order valence-corrected chi connectivity index (χ1v) is 13.3. The lowest BCUT2D eigenvalue weighted by Crippen LogP contribution is -2.23. The van der Waals surface area contributed by atoms with Crippen molar-refractivity contribution < 1.29 is 14.6 Å². The number of carboxylic acid groups (broad SMARTS) is 1. The number of aromatic nitrogens is 2. The number of rotatable bonds is 8. The number of halogens is 3. The molecule has 190 valence electrons. The third-order valence-electron chi connectivity index (χ3n) is 5.82. The lowest BCUT2D eigenvalue weighted by molar-refractivity contribution is 0.0697. The van der Waals surface area contributed by atoms with Crippen LogP contribution in [-0.4, -0.2) is 27.0 Å². The highest BCUT2D eigenvalue weighted by Gasteiger charge is 2.16. The van der Waals surface area contributed by atoms with Crippen LogP contribution in [0.3, 0.4) is 0 Å². The van der Waals surface area contributed by atoms with Crippen LogP contribution >= 0.6 is 43.5 Å². The zero-order chi connectivity index (χ0) is 26.7. The molecule has 0 saturated heterocycles. The van der Waals surface area contributed by atoms with Crippen LogP contribution in [0.5, 0.6) is 5.75 Å². The molecule has 1 heterocycles. The summed E-state index contributed by atoms with van der Waals surface area (Å²) < 4.78 is 8.77. The summed E-state index contributed by atoms with van der Waals surface area (Å²) in [5, 5.41) is 14.5. The van der Waals surface area contributed by atoms with E-state index in [0.29, 0.717) is 37.5 Å². The summed E-state index contributed by atoms with van der Waals surface area (Å²) in [6.45, 7) is 4.21. The van der Waals surface area contributed by atoms with Crippen LogP contribution in [-0.2, 0) is 6.61 Å². The van der Waals surface area contributed by atoms with Gasteiger partial charge in [0.1, 0.15) is 18.2 Å². The van der Waals surface area contributed by atoms with E-state index in [9.17, 15) is 9.59 Å². The first-order chi connectivity index (χ1) is 17.7. The second-order valence-corrected chi connectivity index (χ2v) is 10.6. The first-order valence-electron chi connectivity index (χ1n) is 11.4. The second-order valence-electron chi connectivity index (χ2n) is 8.40. The molecule has 37 heavy (non-hydrogen) atoms. The molecule has 0 radical (unpaired) electrons. The van der Waals surface area contributed by atoms with Crippen molar-refractivity contribution in [2.24, 2.45) is 5.10 Å². The van der Waals surface area contributed by atoms with Gasteiger partial charge in [0.2, 0.25) is 0 Å². The quantitative estimate of drug-likeness (QED) is 0.204. The Morgan fingerprint density at radius 1 is 1.19 bits per heavy atom. The fourth-order valence-corrected chi connectivity index (χ4v) is 4.94. The molecule has 1 aromatic heterocycles. The average Bonchev–Trinajstić information content (AvgIpc) is 2.87. The summed E-state index contributed by atoms with van der Waals surface area (Å²) >= 11 is 13.2. The number of carbonyl (C=O) groups is 1. The number of fused-ring (bicyclic) bond motifs is 1. The molecule has 1 atom stereocenters. The molecule has 0 saturated carbocycles. The SMILES string of the molecule is CC[C@@H](C)c1nc2ccc(Br)cc2c(=O)n1N=Cc1cc(Cl)cc(Br)c1OCc1ccc(C(=O)O)cc1. The van der Waals surface area contributed by atoms with Gasteiger partial charge in [-0.15, -0.1) is 0 Å². The van der Waals surface area contributed by atoms with E-state index < -0.39 is 5.97 Å². The van der Waals surface area contributed by atoms with Crippen molar-refractivity contribution in [3.8, 4) is 5.75 Å². The third-order valence-corrected chi connectivity index (χ3v) is 7.12. The standard InChI is InChI=1S/C27H22Br2ClN3O4/c1-3-15(2)25-32-23-9-8-19(28)11-21(23)26(34)33(25)31-13-18-10-20(30)12-22(29)24(18)37-14-16-4-6-17(7-5-16)27(35)36/h4-13,15H,3,14H2,1-2H3,(H,35,36)/t15-/m1/s1. The van der Waals surface area contributed by atoms with E-state index in [0.717, 1.165) is 16.5 Å². The summed E-state index contributed by atoms with van der Waals surface area (Å²) in [4.78, 5) is 29.3. The minimum absolute atomic E-state index is 0.00603. The van der Waals surface area contributed by atoms with Gasteiger partial charge in [-0.2, -0.15) is 9.78 Å². The molecule has 0 aliphatic rings. The van der Waals surface area contributed by atoms with E-state index in [-0.39, 0.29) is 23.6 Å². The Bertz CT molecular complexity index is 1570. The maximum atomic E-state index is 13.4. The van der Waals surface area contributed by atoms with Crippen molar-refractivity contribution in [3.05, 3.63) is 101 Å². The Kier molecular flexibility index (Phi) is 8.46. The van der Waals surface area contributed by atoms with Gasteiger partial charge in [0.05, 0.1) is 27.2 Å². The maximum Gasteiger partial charge on any atom is 0.335 e. The molecule has 0 amide bonds. The highest BCUT2D eigenvalue weighted by molar-refractivity contribution is 9.10. The summed E-state index contributed by atoms with van der Waals surface area (Å²) in [7, 11) is 0. The summed E-state index contributed by atoms with van der Waals surface area (Å²) in [6.07, 6.45) is 2.31. The topological polar surface area (TPSA) is 93.8 Å². The molecule has 10 heteroatoms. The van der Waals surface area contributed by atoms with Gasteiger partial charge in [-0.1, -0.05) is 53.5 Å². The normalized spacial score (nSPS) is 12.2. The molecule has 0 fully saturated rings. The second kappa shape index (κ2) is 11.6. The van der Waals surface area contributed by atoms with Crippen LogP contribution in [0.15, 0.2) is 73.4 Å². The van der Waals surface area contributed by atoms with Crippen molar-refractivity contribution in [3.63, 3.8) is 0 Å². The van der Waals surface area contributed by atoms with E-state index in [1.54, 1.807) is 30.3 Å². The number of hydrogen-bond acceptors (Lipinski definition) is 5. The molecular weight excluding hydrogens is 626 g/mol. The highest BCUT2D eigenvalue weighted by atomic mass is 79.9. The van der Waals surface area contributed by atoms with Crippen molar-refractivity contribution in [2.75, 3.05) is 0 Å². The minimum atomic E-state index is -0.992. The zero-order valence-corrected chi connectivity index (χ0v) is 23.8. The average molecular weight is 648 g/mol. The van der Waals surface area contributed by atoms with E-state index in [1.165, 1.54) is 23.0 Å². The van der Waals surface area contributed by atoms with Crippen LogP contribution in [0.4, 0.5) is 0 Å². The molecule has 4 rings (SSSR count). The summed E-state index contributed by atoms with van der Waals surface area (Å²) in [5.41, 5.74) is 1.87. The van der Waals surface area contributed by atoms with Crippen LogP contribution in [0, 0.1) is 0 Å². The molecule has 0 bridgehead atoms. The minimum Gasteiger partial charge on any atom is -0.487 e. The molecule has 1 N–H and O–H groups in total. The van der Waals surface area contributed by atoms with Gasteiger partial charge in [0.15, 0.2) is 0 Å². The molecule has 3 aromatic carbocycles. The molecule has 0 aliphatic heterocycles. The summed E-state index contributed by atoms with van der Waals surface area (Å²) in [5.74, 6) is 0.0354. The lowest BCUT2D eigenvalue weighted by atomic mass is 10.1. The number of aromatic carboxylic acids is 1. The fraction of sp³-hybridized carbons (Fsp3) is 0.185. The molecule has 0 spiro atoms. The molecule has 7 nitrogen and oxygen atoms in total. The van der Waals surface area contributed by atoms with E-state index in [2.05, 4.69) is 37.0 Å². The smallest absolute Gasteiger partial charge is 0.335 e.